The molecule has 2 heterocycles. The third kappa shape index (κ3) is 3.48. The van der Waals surface area contributed by atoms with Gasteiger partial charge in [-0.25, -0.2) is 4.98 Å². The SMILES string of the molecule is COc1ccc(C)c(NC(=O)c2cnc(Nc3n[nH]cc3C)s2)c1C. The van der Waals surface area contributed by atoms with Crippen molar-refractivity contribution >= 4 is 33.9 Å². The number of benzene rings is 1. The Morgan fingerprint density at radius 2 is 2.04 bits per heavy atom. The van der Waals surface area contributed by atoms with Crippen molar-refractivity contribution in [2.24, 2.45) is 0 Å². The number of hydrogen-bond donors (Lipinski definition) is 3. The molecule has 3 rings (SSSR count). The van der Waals surface area contributed by atoms with E-state index in [9.17, 15) is 4.79 Å². The Morgan fingerprint density at radius 3 is 2.72 bits per heavy atom. The highest BCUT2D eigenvalue weighted by molar-refractivity contribution is 7.17. The first-order valence-corrected chi connectivity index (χ1v) is 8.50. The molecular formula is C17H19N5O2S. The van der Waals surface area contributed by atoms with Crippen LogP contribution in [0.2, 0.25) is 0 Å². The molecule has 0 aliphatic carbocycles. The molecule has 0 atom stereocenters. The second-order valence-corrected chi connectivity index (χ2v) is 6.64. The molecule has 0 saturated carbocycles. The van der Waals surface area contributed by atoms with Crippen molar-refractivity contribution < 1.29 is 9.53 Å². The highest BCUT2D eigenvalue weighted by Crippen LogP contribution is 2.30. The topological polar surface area (TPSA) is 91.9 Å². The van der Waals surface area contributed by atoms with Gasteiger partial charge < -0.3 is 15.4 Å². The zero-order valence-corrected chi connectivity index (χ0v) is 15.2. The first-order valence-electron chi connectivity index (χ1n) is 7.68. The number of aromatic nitrogens is 3. The van der Waals surface area contributed by atoms with Crippen LogP contribution in [-0.2, 0) is 0 Å². The number of carbonyl (C=O) groups excluding carboxylic acids is 1. The van der Waals surface area contributed by atoms with Gasteiger partial charge in [0, 0.05) is 17.3 Å². The van der Waals surface area contributed by atoms with E-state index in [1.165, 1.54) is 11.3 Å². The van der Waals surface area contributed by atoms with Crippen molar-refractivity contribution in [2.45, 2.75) is 20.8 Å². The summed E-state index contributed by atoms with van der Waals surface area (Å²) in [5.74, 6) is 1.23. The van der Waals surface area contributed by atoms with Crippen LogP contribution in [0.25, 0.3) is 0 Å². The molecule has 0 saturated heterocycles. The fourth-order valence-electron chi connectivity index (χ4n) is 2.43. The Balaban J connectivity index is 1.78. The van der Waals surface area contributed by atoms with E-state index < -0.39 is 0 Å². The molecule has 3 aromatic rings. The number of aromatic amines is 1. The molecule has 0 unspecified atom stereocenters. The summed E-state index contributed by atoms with van der Waals surface area (Å²) in [6.45, 7) is 5.80. The summed E-state index contributed by atoms with van der Waals surface area (Å²) in [6, 6.07) is 3.81. The van der Waals surface area contributed by atoms with Crippen molar-refractivity contribution in [1.29, 1.82) is 0 Å². The van der Waals surface area contributed by atoms with Gasteiger partial charge in [-0.1, -0.05) is 17.4 Å². The van der Waals surface area contributed by atoms with Crippen molar-refractivity contribution in [2.75, 3.05) is 17.7 Å². The van der Waals surface area contributed by atoms with Gasteiger partial charge in [0.1, 0.15) is 10.6 Å². The molecule has 0 bridgehead atoms. The number of nitrogens with zero attached hydrogens (tertiary/aromatic N) is 2. The second-order valence-electron chi connectivity index (χ2n) is 5.61. The van der Waals surface area contributed by atoms with Crippen LogP contribution in [0.15, 0.2) is 24.5 Å². The molecule has 0 spiro atoms. The Morgan fingerprint density at radius 1 is 1.24 bits per heavy atom. The minimum absolute atomic E-state index is 0.205. The smallest absolute Gasteiger partial charge is 0.267 e. The van der Waals surface area contributed by atoms with Crippen LogP contribution in [0.4, 0.5) is 16.6 Å². The largest absolute Gasteiger partial charge is 0.496 e. The molecule has 25 heavy (non-hydrogen) atoms. The van der Waals surface area contributed by atoms with E-state index in [4.69, 9.17) is 4.74 Å². The lowest BCUT2D eigenvalue weighted by molar-refractivity contribution is 0.103. The van der Waals surface area contributed by atoms with E-state index in [1.807, 2.05) is 32.9 Å². The number of methoxy groups -OCH3 is 1. The molecule has 2 aromatic heterocycles. The number of aryl methyl sites for hydroxylation is 2. The van der Waals surface area contributed by atoms with Gasteiger partial charge in [0.2, 0.25) is 0 Å². The van der Waals surface area contributed by atoms with Crippen molar-refractivity contribution in [1.82, 2.24) is 15.2 Å². The lowest BCUT2D eigenvalue weighted by Gasteiger charge is -2.14. The highest BCUT2D eigenvalue weighted by Gasteiger charge is 2.15. The maximum absolute atomic E-state index is 12.6. The van der Waals surface area contributed by atoms with Crippen LogP contribution in [0.1, 0.15) is 26.4 Å². The Labute approximate surface area is 149 Å². The number of rotatable bonds is 5. The van der Waals surface area contributed by atoms with Crippen LogP contribution >= 0.6 is 11.3 Å². The third-order valence-electron chi connectivity index (χ3n) is 3.87. The van der Waals surface area contributed by atoms with Crippen molar-refractivity contribution in [3.8, 4) is 5.75 Å². The van der Waals surface area contributed by atoms with Gasteiger partial charge >= 0.3 is 0 Å². The van der Waals surface area contributed by atoms with E-state index in [0.717, 1.165) is 28.1 Å². The first-order chi connectivity index (χ1) is 12.0. The molecule has 8 heteroatoms. The lowest BCUT2D eigenvalue weighted by atomic mass is 10.1. The quantitative estimate of drug-likeness (QED) is 0.646. The number of amides is 1. The van der Waals surface area contributed by atoms with Crippen molar-refractivity contribution in [3.63, 3.8) is 0 Å². The van der Waals surface area contributed by atoms with Crippen LogP contribution in [0, 0.1) is 20.8 Å². The maximum Gasteiger partial charge on any atom is 0.267 e. The number of ether oxygens (including phenoxy) is 1. The third-order valence-corrected chi connectivity index (χ3v) is 4.78. The molecule has 0 radical (unpaired) electrons. The molecule has 7 nitrogen and oxygen atoms in total. The fourth-order valence-corrected chi connectivity index (χ4v) is 3.14. The molecule has 1 amide bonds. The van der Waals surface area contributed by atoms with E-state index >= 15 is 0 Å². The average molecular weight is 357 g/mol. The van der Waals surface area contributed by atoms with Gasteiger partial charge in [-0.05, 0) is 32.4 Å². The highest BCUT2D eigenvalue weighted by atomic mass is 32.1. The second kappa shape index (κ2) is 6.94. The minimum atomic E-state index is -0.205. The summed E-state index contributed by atoms with van der Waals surface area (Å²) in [6.07, 6.45) is 3.34. The summed E-state index contributed by atoms with van der Waals surface area (Å²) in [7, 11) is 1.61. The summed E-state index contributed by atoms with van der Waals surface area (Å²) in [4.78, 5) is 17.3. The molecule has 1 aromatic carbocycles. The Hall–Kier alpha value is -2.87. The average Bonchev–Trinajstić information content (AvgIpc) is 3.21. The molecule has 0 aliphatic rings. The summed E-state index contributed by atoms with van der Waals surface area (Å²) >= 11 is 1.27. The summed E-state index contributed by atoms with van der Waals surface area (Å²) < 4.78 is 5.32. The zero-order chi connectivity index (χ0) is 18.0. The maximum atomic E-state index is 12.6. The fraction of sp³-hybridized carbons (Fsp3) is 0.235. The van der Waals surface area contributed by atoms with E-state index in [2.05, 4.69) is 25.8 Å². The minimum Gasteiger partial charge on any atom is -0.496 e. The van der Waals surface area contributed by atoms with Gasteiger partial charge in [0.25, 0.3) is 5.91 Å². The van der Waals surface area contributed by atoms with E-state index in [-0.39, 0.29) is 5.91 Å². The molecule has 0 fully saturated rings. The predicted octanol–water partition coefficient (Wildman–Crippen LogP) is 3.80. The molecular weight excluding hydrogens is 338 g/mol. The standard InChI is InChI=1S/C17H19N5O2S/c1-9-5-6-12(24-4)11(3)14(9)20-16(23)13-8-18-17(25-13)21-15-10(2)7-19-22-15/h5-8H,1-4H3,(H,20,23)(H2,18,19,21,22). The van der Waals surface area contributed by atoms with Crippen LogP contribution < -0.4 is 15.4 Å². The number of H-pyrrole nitrogens is 1. The van der Waals surface area contributed by atoms with Gasteiger partial charge in [0.15, 0.2) is 10.9 Å². The number of anilines is 3. The summed E-state index contributed by atoms with van der Waals surface area (Å²) in [5.41, 5.74) is 3.60. The monoisotopic (exact) mass is 357 g/mol. The van der Waals surface area contributed by atoms with E-state index in [1.54, 1.807) is 19.5 Å². The molecule has 130 valence electrons. The van der Waals surface area contributed by atoms with Gasteiger partial charge in [0.05, 0.1) is 19.0 Å². The molecule has 3 N–H and O–H groups in total. The number of thiazole rings is 1. The van der Waals surface area contributed by atoms with Crippen LogP contribution in [0.3, 0.4) is 0 Å². The zero-order valence-electron chi connectivity index (χ0n) is 14.4. The van der Waals surface area contributed by atoms with Gasteiger partial charge in [-0.3, -0.25) is 9.89 Å². The van der Waals surface area contributed by atoms with Gasteiger partial charge in [-0.2, -0.15) is 5.10 Å². The van der Waals surface area contributed by atoms with E-state index in [0.29, 0.717) is 15.8 Å². The summed E-state index contributed by atoms with van der Waals surface area (Å²) in [5, 5.41) is 13.5. The predicted molar refractivity (Wildman–Crippen MR) is 99.1 cm³/mol. The Kier molecular flexibility index (Phi) is 4.71. The molecule has 0 aliphatic heterocycles. The number of nitrogens with one attached hydrogen (secondary N) is 3. The van der Waals surface area contributed by atoms with Gasteiger partial charge in [-0.15, -0.1) is 0 Å². The van der Waals surface area contributed by atoms with Crippen LogP contribution in [-0.4, -0.2) is 28.2 Å². The number of hydrogen-bond acceptors (Lipinski definition) is 6. The lowest BCUT2D eigenvalue weighted by Crippen LogP contribution is -2.12. The normalized spacial score (nSPS) is 10.6. The Bertz CT molecular complexity index is 916. The van der Waals surface area contributed by atoms with Crippen LogP contribution in [0.5, 0.6) is 5.75 Å². The number of carbonyl (C=O) groups is 1. The first kappa shape index (κ1) is 17.0. The van der Waals surface area contributed by atoms with Crippen molar-refractivity contribution in [3.05, 3.63) is 46.1 Å².